The van der Waals surface area contributed by atoms with E-state index in [2.05, 4.69) is 14.2 Å². The maximum absolute atomic E-state index is 11.9. The third-order valence-corrected chi connectivity index (χ3v) is 2.78. The number of ether oxygens (including phenoxy) is 1. The summed E-state index contributed by atoms with van der Waals surface area (Å²) in [5.74, 6) is -0.526. The van der Waals surface area contributed by atoms with Gasteiger partial charge in [0.05, 0.1) is 5.71 Å². The van der Waals surface area contributed by atoms with Gasteiger partial charge < -0.3 is 4.74 Å². The Morgan fingerprint density at radius 3 is 2.11 bits per heavy atom. The molecule has 1 rings (SSSR count). The standard InChI is InChI=1S/C10H10F3NO4S/c1-7(2)14-18-19(15,16)9-5-3-8(4-6-9)17-10(11,12)13/h3-6H,1-2H3. The molecule has 106 valence electrons. The summed E-state index contributed by atoms with van der Waals surface area (Å²) in [4.78, 5) is -0.327. The van der Waals surface area contributed by atoms with E-state index in [1.54, 1.807) is 0 Å². The van der Waals surface area contributed by atoms with Crippen LogP contribution >= 0.6 is 0 Å². The molecule has 9 heteroatoms. The summed E-state index contributed by atoms with van der Waals surface area (Å²) < 4.78 is 66.7. The van der Waals surface area contributed by atoms with E-state index in [0.717, 1.165) is 24.3 Å². The van der Waals surface area contributed by atoms with E-state index in [1.807, 2.05) is 0 Å². The van der Waals surface area contributed by atoms with Crippen molar-refractivity contribution in [3.8, 4) is 5.75 Å². The Kier molecular flexibility index (Phi) is 4.40. The Hall–Kier alpha value is -1.77. The first-order valence-corrected chi connectivity index (χ1v) is 6.32. The molecule has 0 fully saturated rings. The highest BCUT2D eigenvalue weighted by Crippen LogP contribution is 2.24. The first kappa shape index (κ1) is 15.3. The van der Waals surface area contributed by atoms with Gasteiger partial charge >= 0.3 is 16.5 Å². The Balaban J connectivity index is 2.90. The summed E-state index contributed by atoms with van der Waals surface area (Å²) in [5.41, 5.74) is 0.376. The number of halogens is 3. The fourth-order valence-corrected chi connectivity index (χ4v) is 1.78. The molecule has 0 atom stereocenters. The summed E-state index contributed by atoms with van der Waals surface area (Å²) in [6.07, 6.45) is -4.83. The van der Waals surface area contributed by atoms with Crippen molar-refractivity contribution in [2.45, 2.75) is 25.1 Å². The Labute approximate surface area is 107 Å². The third-order valence-electron chi connectivity index (χ3n) is 1.66. The minimum absolute atomic E-state index is 0.327. The quantitative estimate of drug-likeness (QED) is 0.633. The van der Waals surface area contributed by atoms with Gasteiger partial charge in [-0.2, -0.15) is 8.42 Å². The third kappa shape index (κ3) is 5.16. The van der Waals surface area contributed by atoms with E-state index in [0.29, 0.717) is 5.71 Å². The first-order valence-electron chi connectivity index (χ1n) is 4.91. The number of rotatable bonds is 4. The monoisotopic (exact) mass is 297 g/mol. The lowest BCUT2D eigenvalue weighted by Crippen LogP contribution is -2.17. The van der Waals surface area contributed by atoms with Crippen molar-refractivity contribution in [2.24, 2.45) is 5.16 Å². The molecule has 0 saturated carbocycles. The van der Waals surface area contributed by atoms with Gasteiger partial charge in [0, 0.05) is 0 Å². The van der Waals surface area contributed by atoms with E-state index in [1.165, 1.54) is 13.8 Å². The smallest absolute Gasteiger partial charge is 0.406 e. The SMILES string of the molecule is CC(C)=NOS(=O)(=O)c1ccc(OC(F)(F)F)cc1. The predicted octanol–water partition coefficient (Wildman–Crippen LogP) is 2.69. The van der Waals surface area contributed by atoms with Gasteiger partial charge in [0.1, 0.15) is 10.6 Å². The molecule has 0 aliphatic rings. The molecule has 0 heterocycles. The van der Waals surface area contributed by atoms with Crippen LogP contribution in [0.5, 0.6) is 5.75 Å². The molecule has 0 aromatic heterocycles. The lowest BCUT2D eigenvalue weighted by molar-refractivity contribution is -0.274. The first-order chi connectivity index (χ1) is 8.60. The minimum atomic E-state index is -4.83. The van der Waals surface area contributed by atoms with Gasteiger partial charge in [0.2, 0.25) is 0 Å². The number of benzene rings is 1. The molecule has 5 nitrogen and oxygen atoms in total. The molecular formula is C10H10F3NO4S. The zero-order chi connectivity index (χ0) is 14.7. The van der Waals surface area contributed by atoms with Gasteiger partial charge in [-0.3, -0.25) is 4.28 Å². The van der Waals surface area contributed by atoms with Crippen molar-refractivity contribution >= 4 is 15.8 Å². The van der Waals surface area contributed by atoms with E-state index in [9.17, 15) is 21.6 Å². The summed E-state index contributed by atoms with van der Waals surface area (Å²) in [6.45, 7) is 3.05. The molecule has 0 bridgehead atoms. The van der Waals surface area contributed by atoms with Crippen molar-refractivity contribution in [3.05, 3.63) is 24.3 Å². The second kappa shape index (κ2) is 5.47. The molecule has 0 radical (unpaired) electrons. The van der Waals surface area contributed by atoms with Gasteiger partial charge in [-0.25, -0.2) is 0 Å². The van der Waals surface area contributed by atoms with E-state index >= 15 is 0 Å². The van der Waals surface area contributed by atoms with Gasteiger partial charge in [-0.15, -0.1) is 13.2 Å². The largest absolute Gasteiger partial charge is 0.573 e. The molecule has 0 aliphatic carbocycles. The zero-order valence-corrected chi connectivity index (χ0v) is 10.7. The average Bonchev–Trinajstić information content (AvgIpc) is 2.25. The summed E-state index contributed by atoms with van der Waals surface area (Å²) >= 11 is 0. The van der Waals surface area contributed by atoms with Gasteiger partial charge in [-0.05, 0) is 38.1 Å². The van der Waals surface area contributed by atoms with Crippen LogP contribution in [0.3, 0.4) is 0 Å². The van der Waals surface area contributed by atoms with Crippen LogP contribution in [0.25, 0.3) is 0 Å². The normalized spacial score (nSPS) is 11.8. The van der Waals surface area contributed by atoms with E-state index < -0.39 is 22.2 Å². The topological polar surface area (TPSA) is 65.0 Å². The van der Waals surface area contributed by atoms with Crippen LogP contribution in [0, 0.1) is 0 Å². The van der Waals surface area contributed by atoms with Crippen LogP contribution in [-0.4, -0.2) is 20.5 Å². The minimum Gasteiger partial charge on any atom is -0.406 e. The van der Waals surface area contributed by atoms with Crippen LogP contribution in [-0.2, 0) is 14.4 Å². The molecule has 0 amide bonds. The van der Waals surface area contributed by atoms with Crippen molar-refractivity contribution < 1.29 is 30.6 Å². The van der Waals surface area contributed by atoms with Gasteiger partial charge in [0.15, 0.2) is 0 Å². The Morgan fingerprint density at radius 2 is 1.68 bits per heavy atom. The molecule has 1 aromatic rings. The van der Waals surface area contributed by atoms with E-state index in [4.69, 9.17) is 0 Å². The maximum atomic E-state index is 11.9. The average molecular weight is 297 g/mol. The molecule has 0 spiro atoms. The second-order valence-corrected chi connectivity index (χ2v) is 5.12. The highest BCUT2D eigenvalue weighted by molar-refractivity contribution is 7.86. The summed E-state index contributed by atoms with van der Waals surface area (Å²) in [5, 5.41) is 3.27. The van der Waals surface area contributed by atoms with Crippen LogP contribution < -0.4 is 4.74 Å². The number of hydrogen-bond acceptors (Lipinski definition) is 5. The highest BCUT2D eigenvalue weighted by Gasteiger charge is 2.31. The fourth-order valence-electron chi connectivity index (χ4n) is 0.975. The fraction of sp³-hybridized carbons (Fsp3) is 0.300. The lowest BCUT2D eigenvalue weighted by atomic mass is 10.3. The molecular weight excluding hydrogens is 287 g/mol. The number of nitrogens with zero attached hydrogens (tertiary/aromatic N) is 1. The van der Waals surface area contributed by atoms with Crippen LogP contribution in [0.4, 0.5) is 13.2 Å². The molecule has 1 aromatic carbocycles. The molecule has 0 aliphatic heterocycles. The van der Waals surface area contributed by atoms with Crippen LogP contribution in [0.15, 0.2) is 34.3 Å². The molecule has 19 heavy (non-hydrogen) atoms. The van der Waals surface area contributed by atoms with Crippen molar-refractivity contribution in [1.82, 2.24) is 0 Å². The predicted molar refractivity (Wildman–Crippen MR) is 60.2 cm³/mol. The number of oxime groups is 1. The van der Waals surface area contributed by atoms with E-state index in [-0.39, 0.29) is 4.90 Å². The van der Waals surface area contributed by atoms with Crippen LogP contribution in [0.1, 0.15) is 13.8 Å². The summed E-state index contributed by atoms with van der Waals surface area (Å²) in [7, 11) is -4.14. The molecule has 0 saturated heterocycles. The molecule has 0 unspecified atom stereocenters. The molecule has 0 N–H and O–H groups in total. The summed E-state index contributed by atoms with van der Waals surface area (Å²) in [6, 6.07) is 3.59. The highest BCUT2D eigenvalue weighted by atomic mass is 32.2. The number of alkyl halides is 3. The Morgan fingerprint density at radius 1 is 1.16 bits per heavy atom. The maximum Gasteiger partial charge on any atom is 0.573 e. The zero-order valence-electron chi connectivity index (χ0n) is 9.93. The Bertz CT molecular complexity index is 559. The second-order valence-electron chi connectivity index (χ2n) is 3.59. The van der Waals surface area contributed by atoms with Crippen molar-refractivity contribution in [3.63, 3.8) is 0 Å². The number of hydrogen-bond donors (Lipinski definition) is 0. The lowest BCUT2D eigenvalue weighted by Gasteiger charge is -2.08. The van der Waals surface area contributed by atoms with Gasteiger partial charge in [-0.1, -0.05) is 5.16 Å². The van der Waals surface area contributed by atoms with Crippen molar-refractivity contribution in [2.75, 3.05) is 0 Å². The van der Waals surface area contributed by atoms with Crippen molar-refractivity contribution in [1.29, 1.82) is 0 Å². The van der Waals surface area contributed by atoms with Crippen LogP contribution in [0.2, 0.25) is 0 Å². The van der Waals surface area contributed by atoms with Gasteiger partial charge in [0.25, 0.3) is 0 Å².